The fraction of sp³-hybridized carbons (Fsp3) is 0.800. The molecule has 0 bridgehead atoms. The largest absolute Gasteiger partial charge is 0.380 e. The Labute approximate surface area is 117 Å². The van der Waals surface area contributed by atoms with Crippen molar-refractivity contribution in [2.75, 3.05) is 13.7 Å². The van der Waals surface area contributed by atoms with E-state index in [0.717, 1.165) is 32.4 Å². The molecule has 0 aliphatic rings. The van der Waals surface area contributed by atoms with Gasteiger partial charge in [-0.25, -0.2) is 0 Å². The number of nitrogens with zero attached hydrogens (tertiary/aromatic N) is 2. The average molecular weight is 267 g/mol. The van der Waals surface area contributed by atoms with Gasteiger partial charge in [0.1, 0.15) is 0 Å². The number of methoxy groups -OCH3 is 1. The molecule has 2 unspecified atom stereocenters. The third-order valence-electron chi connectivity index (χ3n) is 3.62. The van der Waals surface area contributed by atoms with Crippen LogP contribution in [0.25, 0.3) is 0 Å². The van der Waals surface area contributed by atoms with Crippen LogP contribution in [0.5, 0.6) is 0 Å². The van der Waals surface area contributed by atoms with Crippen LogP contribution in [-0.4, -0.2) is 35.6 Å². The molecule has 0 fully saturated rings. The Morgan fingerprint density at radius 1 is 1.32 bits per heavy atom. The van der Waals surface area contributed by atoms with Crippen LogP contribution in [0.4, 0.5) is 0 Å². The predicted octanol–water partition coefficient (Wildman–Crippen LogP) is 2.41. The van der Waals surface area contributed by atoms with Crippen LogP contribution < -0.4 is 5.32 Å². The highest BCUT2D eigenvalue weighted by Gasteiger charge is 2.21. The van der Waals surface area contributed by atoms with Gasteiger partial charge < -0.3 is 10.1 Å². The average Bonchev–Trinajstić information content (AvgIpc) is 2.82. The second kappa shape index (κ2) is 8.33. The molecular formula is C15H29N3O. The van der Waals surface area contributed by atoms with Gasteiger partial charge in [-0.15, -0.1) is 0 Å². The zero-order valence-corrected chi connectivity index (χ0v) is 13.1. The van der Waals surface area contributed by atoms with E-state index < -0.39 is 0 Å². The van der Waals surface area contributed by atoms with E-state index in [-0.39, 0.29) is 6.10 Å². The van der Waals surface area contributed by atoms with Gasteiger partial charge in [0.15, 0.2) is 0 Å². The van der Waals surface area contributed by atoms with Crippen molar-refractivity contribution in [1.29, 1.82) is 0 Å². The van der Waals surface area contributed by atoms with Gasteiger partial charge in [-0.2, -0.15) is 5.10 Å². The van der Waals surface area contributed by atoms with Crippen LogP contribution in [0.2, 0.25) is 0 Å². The molecule has 0 aliphatic carbocycles. The zero-order chi connectivity index (χ0) is 14.3. The van der Waals surface area contributed by atoms with Crippen molar-refractivity contribution >= 4 is 0 Å². The highest BCUT2D eigenvalue weighted by Crippen LogP contribution is 2.13. The van der Waals surface area contributed by atoms with Gasteiger partial charge in [-0.3, -0.25) is 4.68 Å². The molecule has 1 heterocycles. The van der Waals surface area contributed by atoms with Gasteiger partial charge in [0.25, 0.3) is 0 Å². The van der Waals surface area contributed by atoms with Crippen molar-refractivity contribution in [3.63, 3.8) is 0 Å². The summed E-state index contributed by atoms with van der Waals surface area (Å²) in [4.78, 5) is 0. The number of hydrogen-bond acceptors (Lipinski definition) is 3. The maximum absolute atomic E-state index is 5.60. The van der Waals surface area contributed by atoms with Gasteiger partial charge in [0, 0.05) is 31.8 Å². The first-order chi connectivity index (χ1) is 9.19. The van der Waals surface area contributed by atoms with E-state index in [0.29, 0.717) is 6.04 Å². The molecule has 4 heteroatoms. The Morgan fingerprint density at radius 2 is 2.05 bits per heavy atom. The minimum absolute atomic E-state index is 0.255. The van der Waals surface area contributed by atoms with Crippen molar-refractivity contribution in [2.45, 2.75) is 65.6 Å². The Hall–Kier alpha value is -0.870. The minimum Gasteiger partial charge on any atom is -0.380 e. The summed E-state index contributed by atoms with van der Waals surface area (Å²) in [6, 6.07) is 2.59. The Bertz CT molecular complexity index is 358. The second-order valence-electron chi connectivity index (χ2n) is 4.85. The van der Waals surface area contributed by atoms with E-state index in [2.05, 4.69) is 48.9 Å². The van der Waals surface area contributed by atoms with Gasteiger partial charge in [-0.1, -0.05) is 20.8 Å². The topological polar surface area (TPSA) is 39.1 Å². The van der Waals surface area contributed by atoms with E-state index in [4.69, 9.17) is 4.74 Å². The summed E-state index contributed by atoms with van der Waals surface area (Å²) in [6.07, 6.45) is 3.24. The van der Waals surface area contributed by atoms with Crippen LogP contribution in [0.3, 0.4) is 0 Å². The number of aromatic nitrogens is 2. The van der Waals surface area contributed by atoms with E-state index in [9.17, 15) is 0 Å². The predicted molar refractivity (Wildman–Crippen MR) is 79.5 cm³/mol. The number of likely N-dealkylation sites (N-methyl/N-ethyl adjacent to an activating group) is 1. The number of aryl methyl sites for hydroxylation is 2. The summed E-state index contributed by atoms with van der Waals surface area (Å²) in [7, 11) is 1.80. The van der Waals surface area contributed by atoms with E-state index in [1.54, 1.807) is 7.11 Å². The van der Waals surface area contributed by atoms with Gasteiger partial charge >= 0.3 is 0 Å². The third kappa shape index (κ3) is 4.32. The third-order valence-corrected chi connectivity index (χ3v) is 3.62. The molecule has 1 aromatic rings. The molecule has 4 nitrogen and oxygen atoms in total. The summed E-state index contributed by atoms with van der Waals surface area (Å²) >= 11 is 0. The maximum atomic E-state index is 5.60. The molecule has 1 N–H and O–H groups in total. The van der Waals surface area contributed by atoms with E-state index in [1.165, 1.54) is 11.4 Å². The highest BCUT2D eigenvalue weighted by molar-refractivity contribution is 5.12. The monoisotopic (exact) mass is 267 g/mol. The molecule has 0 aliphatic heterocycles. The molecule has 0 aromatic carbocycles. The van der Waals surface area contributed by atoms with Crippen molar-refractivity contribution in [3.8, 4) is 0 Å². The Morgan fingerprint density at radius 3 is 2.53 bits per heavy atom. The number of hydrogen-bond donors (Lipinski definition) is 1. The Kier molecular flexibility index (Phi) is 7.10. The molecule has 1 rings (SSSR count). The maximum Gasteiger partial charge on any atom is 0.0725 e. The van der Waals surface area contributed by atoms with Gasteiger partial charge in [0.2, 0.25) is 0 Å². The van der Waals surface area contributed by atoms with Crippen LogP contribution in [0.15, 0.2) is 6.07 Å². The first kappa shape index (κ1) is 16.2. The molecule has 1 aromatic heterocycles. The molecule has 0 saturated heterocycles. The van der Waals surface area contributed by atoms with Crippen molar-refractivity contribution in [2.24, 2.45) is 0 Å². The normalized spacial score (nSPS) is 14.6. The van der Waals surface area contributed by atoms with Gasteiger partial charge in [-0.05, 0) is 32.4 Å². The van der Waals surface area contributed by atoms with E-state index in [1.807, 2.05) is 0 Å². The van der Waals surface area contributed by atoms with Crippen LogP contribution in [0, 0.1) is 0 Å². The van der Waals surface area contributed by atoms with Crippen LogP contribution in [-0.2, 0) is 24.1 Å². The lowest BCUT2D eigenvalue weighted by atomic mass is 10.0. The molecule has 19 heavy (non-hydrogen) atoms. The standard InChI is InChI=1S/C15H29N3O/c1-6-12-10-13(18(9-4)17-12)11-14(16-8-3)15(7-2)19-5/h10,14-16H,6-9,11H2,1-5H3. The highest BCUT2D eigenvalue weighted by atomic mass is 16.5. The summed E-state index contributed by atoms with van der Waals surface area (Å²) < 4.78 is 7.72. The van der Waals surface area contributed by atoms with E-state index >= 15 is 0 Å². The first-order valence-electron chi connectivity index (χ1n) is 7.51. The summed E-state index contributed by atoms with van der Waals surface area (Å²) in [5.41, 5.74) is 2.48. The van der Waals surface area contributed by atoms with Crippen molar-refractivity contribution < 1.29 is 4.74 Å². The van der Waals surface area contributed by atoms with Crippen LogP contribution >= 0.6 is 0 Å². The first-order valence-corrected chi connectivity index (χ1v) is 7.51. The molecule has 0 spiro atoms. The zero-order valence-electron chi connectivity index (χ0n) is 13.1. The molecule has 2 atom stereocenters. The molecule has 0 radical (unpaired) electrons. The van der Waals surface area contributed by atoms with Gasteiger partial charge in [0.05, 0.1) is 11.8 Å². The lowest BCUT2D eigenvalue weighted by molar-refractivity contribution is 0.0652. The summed E-state index contributed by atoms with van der Waals surface area (Å²) in [5, 5.41) is 8.16. The van der Waals surface area contributed by atoms with Crippen molar-refractivity contribution in [3.05, 3.63) is 17.5 Å². The fourth-order valence-corrected chi connectivity index (χ4v) is 2.56. The number of rotatable bonds is 9. The SMILES string of the molecule is CCNC(Cc1cc(CC)nn1CC)C(CC)OC. The molecule has 0 saturated carbocycles. The lowest BCUT2D eigenvalue weighted by Crippen LogP contribution is -2.42. The smallest absolute Gasteiger partial charge is 0.0725 e. The minimum atomic E-state index is 0.255. The summed E-state index contributed by atoms with van der Waals surface area (Å²) in [5.74, 6) is 0. The second-order valence-corrected chi connectivity index (χ2v) is 4.85. The summed E-state index contributed by atoms with van der Waals surface area (Å²) in [6.45, 7) is 10.5. The quantitative estimate of drug-likeness (QED) is 0.747. The molecule has 110 valence electrons. The Balaban J connectivity index is 2.85. The molecular weight excluding hydrogens is 238 g/mol. The molecule has 0 amide bonds. The number of ether oxygens (including phenoxy) is 1. The lowest BCUT2D eigenvalue weighted by Gasteiger charge is -2.26. The van der Waals surface area contributed by atoms with Crippen molar-refractivity contribution in [1.82, 2.24) is 15.1 Å². The van der Waals surface area contributed by atoms with Crippen LogP contribution in [0.1, 0.15) is 45.5 Å². The fourth-order valence-electron chi connectivity index (χ4n) is 2.56. The number of nitrogens with one attached hydrogen (secondary N) is 1.